The first kappa shape index (κ1) is 19.4. The van der Waals surface area contributed by atoms with E-state index in [1.54, 1.807) is 0 Å². The van der Waals surface area contributed by atoms with Crippen molar-refractivity contribution in [2.75, 3.05) is 11.9 Å². The number of ether oxygens (including phenoxy) is 1. The van der Waals surface area contributed by atoms with Crippen LogP contribution in [0.25, 0.3) is 0 Å². The molecule has 1 amide bonds. The Balaban J connectivity index is 1.99. The predicted molar refractivity (Wildman–Crippen MR) is 81.1 cm³/mol. The molecular weight excluding hydrogens is 361 g/mol. The highest BCUT2D eigenvalue weighted by Gasteiger charge is 2.32. The van der Waals surface area contributed by atoms with Gasteiger partial charge in [-0.2, -0.15) is 23.4 Å². The summed E-state index contributed by atoms with van der Waals surface area (Å²) in [5.74, 6) is -0.550. The van der Waals surface area contributed by atoms with Gasteiger partial charge in [0.05, 0.1) is 23.0 Å². The van der Waals surface area contributed by atoms with Crippen LogP contribution in [0.4, 0.5) is 24.5 Å². The molecular formula is C13H15F3N6O4. The van der Waals surface area contributed by atoms with Gasteiger partial charge in [-0.15, -0.1) is 0 Å². The van der Waals surface area contributed by atoms with Crippen LogP contribution in [-0.4, -0.2) is 43.2 Å². The molecule has 0 atom stereocenters. The molecule has 10 nitrogen and oxygen atoms in total. The van der Waals surface area contributed by atoms with Gasteiger partial charge in [0, 0.05) is 0 Å². The van der Waals surface area contributed by atoms with Crippen molar-refractivity contribution in [1.29, 1.82) is 0 Å². The van der Waals surface area contributed by atoms with Crippen LogP contribution in [0.3, 0.4) is 0 Å². The maximum Gasteiger partial charge on any atom is 0.411 e. The molecule has 2 aromatic rings. The molecule has 142 valence electrons. The van der Waals surface area contributed by atoms with Crippen LogP contribution < -0.4 is 5.32 Å². The molecule has 0 radical (unpaired) electrons. The lowest BCUT2D eigenvalue weighted by molar-refractivity contribution is -0.385. The normalized spacial score (nSPS) is 12.2. The van der Waals surface area contributed by atoms with E-state index in [-0.39, 0.29) is 11.4 Å². The minimum atomic E-state index is -4.44. The monoisotopic (exact) mass is 376 g/mol. The van der Waals surface area contributed by atoms with E-state index in [1.165, 1.54) is 26.2 Å². The minimum Gasteiger partial charge on any atom is -0.350 e. The third-order valence-electron chi connectivity index (χ3n) is 3.29. The number of nitrogens with zero attached hydrogens (tertiary/aromatic N) is 5. The zero-order valence-corrected chi connectivity index (χ0v) is 13.7. The van der Waals surface area contributed by atoms with Gasteiger partial charge in [-0.1, -0.05) is 0 Å². The Morgan fingerprint density at radius 1 is 1.31 bits per heavy atom. The number of aromatic nitrogens is 4. The zero-order valence-electron chi connectivity index (χ0n) is 13.7. The number of carbonyl (C=O) groups is 1. The van der Waals surface area contributed by atoms with E-state index >= 15 is 0 Å². The highest BCUT2D eigenvalue weighted by Crippen LogP contribution is 2.21. The smallest absolute Gasteiger partial charge is 0.350 e. The molecule has 2 rings (SSSR count). The van der Waals surface area contributed by atoms with Crippen LogP contribution in [0.15, 0.2) is 24.8 Å². The van der Waals surface area contributed by atoms with Gasteiger partial charge in [0.25, 0.3) is 5.91 Å². The van der Waals surface area contributed by atoms with E-state index in [9.17, 15) is 28.1 Å². The van der Waals surface area contributed by atoms with Crippen LogP contribution >= 0.6 is 0 Å². The lowest BCUT2D eigenvalue weighted by atomic mass is 10.1. The summed E-state index contributed by atoms with van der Waals surface area (Å²) >= 11 is 0. The summed E-state index contributed by atoms with van der Waals surface area (Å²) in [6, 6.07) is 0. The fourth-order valence-electron chi connectivity index (χ4n) is 1.86. The van der Waals surface area contributed by atoms with Gasteiger partial charge in [-0.25, -0.2) is 4.68 Å². The maximum atomic E-state index is 12.4. The molecule has 2 aromatic heterocycles. The number of amides is 1. The first-order valence-corrected chi connectivity index (χ1v) is 7.17. The number of anilines is 1. The van der Waals surface area contributed by atoms with Gasteiger partial charge in [-0.3, -0.25) is 19.6 Å². The van der Waals surface area contributed by atoms with Crippen molar-refractivity contribution < 1.29 is 27.6 Å². The molecule has 13 heteroatoms. The van der Waals surface area contributed by atoms with Gasteiger partial charge in [0.15, 0.2) is 0 Å². The molecule has 0 bridgehead atoms. The largest absolute Gasteiger partial charge is 0.411 e. The van der Waals surface area contributed by atoms with Crippen molar-refractivity contribution in [3.8, 4) is 0 Å². The minimum absolute atomic E-state index is 0.223. The second kappa shape index (κ2) is 7.11. The summed E-state index contributed by atoms with van der Waals surface area (Å²) in [6.07, 6.45) is 0.214. The summed E-state index contributed by atoms with van der Waals surface area (Å²) in [7, 11) is 0. The molecule has 2 heterocycles. The average molecular weight is 376 g/mol. The number of hydrogen-bond donors (Lipinski definition) is 1. The SMILES string of the molecule is CC(C)(C(=O)Nc1cnn(COCC(F)(F)F)c1)n1cc([N+](=O)[O-])cn1. The van der Waals surface area contributed by atoms with Crippen molar-refractivity contribution in [1.82, 2.24) is 19.6 Å². The van der Waals surface area contributed by atoms with E-state index in [1.807, 2.05) is 0 Å². The van der Waals surface area contributed by atoms with Crippen molar-refractivity contribution in [2.45, 2.75) is 32.3 Å². The van der Waals surface area contributed by atoms with Gasteiger partial charge < -0.3 is 10.1 Å². The fraction of sp³-hybridized carbons (Fsp3) is 0.462. The highest BCUT2D eigenvalue weighted by atomic mass is 19.4. The van der Waals surface area contributed by atoms with Crippen molar-refractivity contribution >= 4 is 17.3 Å². The molecule has 0 unspecified atom stereocenters. The van der Waals surface area contributed by atoms with E-state index < -0.39 is 35.9 Å². The second-order valence-electron chi connectivity index (χ2n) is 5.77. The Bertz CT molecular complexity index is 798. The Kier molecular flexibility index (Phi) is 5.30. The van der Waals surface area contributed by atoms with Gasteiger partial charge in [-0.05, 0) is 13.8 Å². The van der Waals surface area contributed by atoms with Crippen LogP contribution in [0.2, 0.25) is 0 Å². The Morgan fingerprint density at radius 2 is 2.00 bits per heavy atom. The lowest BCUT2D eigenvalue weighted by Gasteiger charge is -2.23. The number of carbonyl (C=O) groups excluding carboxylic acids is 1. The molecule has 1 N–H and O–H groups in total. The van der Waals surface area contributed by atoms with E-state index in [2.05, 4.69) is 20.3 Å². The molecule has 0 aromatic carbocycles. The van der Waals surface area contributed by atoms with E-state index in [4.69, 9.17) is 0 Å². The average Bonchev–Trinajstić information content (AvgIpc) is 3.15. The number of nitro groups is 1. The van der Waals surface area contributed by atoms with Gasteiger partial charge in [0.1, 0.15) is 31.3 Å². The summed E-state index contributed by atoms with van der Waals surface area (Å²) in [4.78, 5) is 22.5. The maximum absolute atomic E-state index is 12.4. The first-order valence-electron chi connectivity index (χ1n) is 7.17. The topological polar surface area (TPSA) is 117 Å². The van der Waals surface area contributed by atoms with Crippen molar-refractivity contribution in [3.05, 3.63) is 34.9 Å². The number of nitrogens with one attached hydrogen (secondary N) is 1. The molecule has 0 fully saturated rings. The third kappa shape index (κ3) is 4.78. The first-order chi connectivity index (χ1) is 12.0. The fourth-order valence-corrected chi connectivity index (χ4v) is 1.86. The predicted octanol–water partition coefficient (Wildman–Crippen LogP) is 1.90. The number of rotatable bonds is 7. The van der Waals surface area contributed by atoms with Crippen LogP contribution in [-0.2, 0) is 21.8 Å². The summed E-state index contributed by atoms with van der Waals surface area (Å²) < 4.78 is 42.7. The lowest BCUT2D eigenvalue weighted by Crippen LogP contribution is -2.40. The molecule has 0 saturated heterocycles. The van der Waals surface area contributed by atoms with Gasteiger partial charge >= 0.3 is 11.9 Å². The molecule has 0 saturated carbocycles. The van der Waals surface area contributed by atoms with E-state index in [0.29, 0.717) is 0 Å². The number of hydrogen-bond acceptors (Lipinski definition) is 6. The van der Waals surface area contributed by atoms with Crippen molar-refractivity contribution in [3.63, 3.8) is 0 Å². The highest BCUT2D eigenvalue weighted by molar-refractivity contribution is 5.95. The Labute approximate surface area is 144 Å². The molecule has 0 aliphatic heterocycles. The second-order valence-corrected chi connectivity index (χ2v) is 5.77. The standard InChI is InChI=1S/C13H15F3N6O4/c1-12(2,21-6-10(4-18-21)22(24)25)11(23)19-9-3-17-20(5-9)8-26-7-13(14,15)16/h3-6H,7-8H2,1-2H3,(H,19,23). The third-order valence-corrected chi connectivity index (χ3v) is 3.29. The molecule has 0 spiro atoms. The van der Waals surface area contributed by atoms with E-state index in [0.717, 1.165) is 21.8 Å². The van der Waals surface area contributed by atoms with Crippen LogP contribution in [0, 0.1) is 10.1 Å². The van der Waals surface area contributed by atoms with Crippen LogP contribution in [0.1, 0.15) is 13.8 Å². The number of alkyl halides is 3. The van der Waals surface area contributed by atoms with Gasteiger partial charge in [0.2, 0.25) is 0 Å². The summed E-state index contributed by atoms with van der Waals surface area (Å²) in [6.45, 7) is 1.13. The molecule has 26 heavy (non-hydrogen) atoms. The van der Waals surface area contributed by atoms with Crippen molar-refractivity contribution in [2.24, 2.45) is 0 Å². The number of halogens is 3. The summed E-state index contributed by atoms with van der Waals surface area (Å²) in [5.41, 5.74) is -1.30. The Morgan fingerprint density at radius 3 is 2.58 bits per heavy atom. The molecule has 0 aliphatic rings. The quantitative estimate of drug-likeness (QED) is 0.583. The van der Waals surface area contributed by atoms with Crippen LogP contribution in [0.5, 0.6) is 0 Å². The zero-order chi connectivity index (χ0) is 19.5. The Hall–Kier alpha value is -2.96. The molecule has 0 aliphatic carbocycles. The summed E-state index contributed by atoms with van der Waals surface area (Å²) in [5, 5.41) is 20.8.